The molecular formula is C28H29ClN2O2. The normalized spacial score (nSPS) is 19.6. The van der Waals surface area contributed by atoms with Gasteiger partial charge < -0.3 is 5.32 Å². The number of carbonyl (C=O) groups is 2. The second kappa shape index (κ2) is 11.2. The number of halogens is 1. The summed E-state index contributed by atoms with van der Waals surface area (Å²) in [6.07, 6.45) is 11.4. The Morgan fingerprint density at radius 2 is 1.82 bits per heavy atom. The molecule has 2 unspecified atom stereocenters. The number of nitrogens with zero attached hydrogens (tertiary/aromatic N) is 1. The Labute approximate surface area is 200 Å². The maximum atomic E-state index is 13.1. The molecule has 0 saturated carbocycles. The number of ketones is 1. The Balaban J connectivity index is 1.37. The van der Waals surface area contributed by atoms with Crippen LogP contribution in [0.4, 0.5) is 0 Å². The number of unbranched alkanes of at least 4 members (excludes halogenated alkanes) is 1. The van der Waals surface area contributed by atoms with Crippen molar-refractivity contribution in [1.29, 1.82) is 0 Å². The van der Waals surface area contributed by atoms with Crippen LogP contribution in [0.1, 0.15) is 30.4 Å². The minimum atomic E-state index is -0.567. The molecule has 170 valence electrons. The molecule has 33 heavy (non-hydrogen) atoms. The molecule has 1 aliphatic heterocycles. The quantitative estimate of drug-likeness (QED) is 0.498. The molecule has 1 aliphatic carbocycles. The summed E-state index contributed by atoms with van der Waals surface area (Å²) in [7, 11) is 0. The molecule has 3 atom stereocenters. The summed E-state index contributed by atoms with van der Waals surface area (Å²) < 4.78 is 0. The molecule has 0 aromatic heterocycles. The second-order valence-corrected chi connectivity index (χ2v) is 9.19. The van der Waals surface area contributed by atoms with Crippen molar-refractivity contribution in [2.75, 3.05) is 6.54 Å². The number of hydrogen-bond donors (Lipinski definition) is 1. The van der Waals surface area contributed by atoms with Gasteiger partial charge in [0, 0.05) is 41.6 Å². The first kappa shape index (κ1) is 23.2. The molecule has 0 bridgehead atoms. The topological polar surface area (TPSA) is 58.5 Å². The highest BCUT2D eigenvalue weighted by Crippen LogP contribution is 2.26. The van der Waals surface area contributed by atoms with Gasteiger partial charge in [-0.25, -0.2) is 0 Å². The van der Waals surface area contributed by atoms with E-state index in [4.69, 9.17) is 11.6 Å². The van der Waals surface area contributed by atoms with E-state index >= 15 is 0 Å². The molecular weight excluding hydrogens is 432 g/mol. The molecule has 5 heteroatoms. The summed E-state index contributed by atoms with van der Waals surface area (Å²) in [5, 5.41) is 3.66. The first-order valence-electron chi connectivity index (χ1n) is 11.6. The van der Waals surface area contributed by atoms with Crippen LogP contribution in [0.15, 0.2) is 83.4 Å². The Morgan fingerprint density at radius 3 is 2.61 bits per heavy atom. The summed E-state index contributed by atoms with van der Waals surface area (Å²) >= 11 is 6.01. The number of Topliss-reactive ketones (excluding diaryl/α,β-unsaturated/α-hetero) is 1. The van der Waals surface area contributed by atoms with E-state index in [-0.39, 0.29) is 23.5 Å². The zero-order valence-electron chi connectivity index (χ0n) is 18.6. The fourth-order valence-corrected chi connectivity index (χ4v) is 4.46. The average molecular weight is 461 g/mol. The van der Waals surface area contributed by atoms with E-state index < -0.39 is 6.04 Å². The van der Waals surface area contributed by atoms with Crippen molar-refractivity contribution in [3.63, 3.8) is 0 Å². The van der Waals surface area contributed by atoms with Crippen molar-refractivity contribution in [1.82, 2.24) is 5.32 Å². The van der Waals surface area contributed by atoms with E-state index in [0.29, 0.717) is 30.0 Å². The third kappa shape index (κ3) is 6.52. The van der Waals surface area contributed by atoms with Crippen LogP contribution in [-0.4, -0.2) is 30.5 Å². The lowest BCUT2D eigenvalue weighted by molar-refractivity contribution is -0.126. The van der Waals surface area contributed by atoms with Gasteiger partial charge in [-0.1, -0.05) is 72.3 Å². The largest absolute Gasteiger partial charge is 0.342 e. The van der Waals surface area contributed by atoms with Gasteiger partial charge in [-0.3, -0.25) is 14.6 Å². The molecule has 1 heterocycles. The van der Waals surface area contributed by atoms with Gasteiger partial charge in [-0.2, -0.15) is 0 Å². The second-order valence-electron chi connectivity index (χ2n) is 8.75. The van der Waals surface area contributed by atoms with Gasteiger partial charge in [-0.15, -0.1) is 0 Å². The monoisotopic (exact) mass is 460 g/mol. The van der Waals surface area contributed by atoms with Crippen molar-refractivity contribution in [3.05, 3.63) is 94.5 Å². The van der Waals surface area contributed by atoms with Crippen LogP contribution < -0.4 is 5.32 Å². The number of nitrogens with one attached hydrogen (secondary N) is 1. The Morgan fingerprint density at radius 1 is 1.03 bits per heavy atom. The molecule has 0 saturated heterocycles. The van der Waals surface area contributed by atoms with Gasteiger partial charge >= 0.3 is 0 Å². The third-order valence-corrected chi connectivity index (χ3v) is 6.52. The molecule has 4 rings (SSSR count). The molecule has 0 spiro atoms. The SMILES string of the molecule is O=C(N[C@@H](Cc1ccc(Cl)cc1)C(=O)CCCCc1ccccc1)C1=CC2CN=CC2C=C1. The van der Waals surface area contributed by atoms with E-state index in [2.05, 4.69) is 22.4 Å². The molecule has 0 radical (unpaired) electrons. The number of aryl methyl sites for hydroxylation is 1. The molecule has 1 amide bonds. The zero-order valence-corrected chi connectivity index (χ0v) is 19.4. The summed E-state index contributed by atoms with van der Waals surface area (Å²) in [6, 6.07) is 17.2. The smallest absolute Gasteiger partial charge is 0.251 e. The molecule has 2 aromatic rings. The highest BCUT2D eigenvalue weighted by atomic mass is 35.5. The Hall–Kier alpha value is -2.98. The molecule has 2 aliphatic rings. The number of allylic oxidation sites excluding steroid dienone is 1. The number of rotatable bonds is 10. The Kier molecular flexibility index (Phi) is 7.90. The van der Waals surface area contributed by atoms with Crippen molar-refractivity contribution in [2.45, 2.75) is 38.1 Å². The lowest BCUT2D eigenvalue weighted by atomic mass is 9.88. The number of fused-ring (bicyclic) bond motifs is 1. The lowest BCUT2D eigenvalue weighted by Gasteiger charge is -2.21. The average Bonchev–Trinajstić information content (AvgIpc) is 3.31. The first-order chi connectivity index (χ1) is 16.1. The summed E-state index contributed by atoms with van der Waals surface area (Å²) in [5.41, 5.74) is 2.86. The number of aliphatic imine (C=N–C) groups is 1. The molecule has 4 nitrogen and oxygen atoms in total. The predicted molar refractivity (Wildman–Crippen MR) is 134 cm³/mol. The van der Waals surface area contributed by atoms with Crippen molar-refractivity contribution in [2.24, 2.45) is 16.8 Å². The van der Waals surface area contributed by atoms with Gasteiger partial charge in [0.25, 0.3) is 5.91 Å². The maximum absolute atomic E-state index is 13.1. The van der Waals surface area contributed by atoms with E-state index in [9.17, 15) is 9.59 Å². The van der Waals surface area contributed by atoms with E-state index in [1.165, 1.54) is 5.56 Å². The van der Waals surface area contributed by atoms with Crippen molar-refractivity contribution in [3.8, 4) is 0 Å². The third-order valence-electron chi connectivity index (χ3n) is 6.27. The highest BCUT2D eigenvalue weighted by Gasteiger charge is 2.27. The van der Waals surface area contributed by atoms with E-state index in [0.717, 1.165) is 24.8 Å². The van der Waals surface area contributed by atoms with Crippen molar-refractivity contribution >= 4 is 29.5 Å². The number of hydrogen-bond acceptors (Lipinski definition) is 3. The first-order valence-corrected chi connectivity index (χ1v) is 12.0. The van der Waals surface area contributed by atoms with Crippen LogP contribution in [0.3, 0.4) is 0 Å². The maximum Gasteiger partial charge on any atom is 0.251 e. The van der Waals surface area contributed by atoms with Crippen LogP contribution in [0, 0.1) is 11.8 Å². The zero-order chi connectivity index (χ0) is 23.0. The number of amides is 1. The standard InChI is InChI=1S/C28H29ClN2O2/c29-25-14-10-21(11-15-25)16-26(27(32)9-5-4-8-20-6-2-1-3-7-20)31-28(33)22-12-13-23-18-30-19-24(23)17-22/h1-3,6-7,10-15,17-18,23-24,26H,4-5,8-9,16,19H2,(H,31,33)/t23?,24?,26-/m0/s1. The predicted octanol–water partition coefficient (Wildman–Crippen LogP) is 5.16. The summed E-state index contributed by atoms with van der Waals surface area (Å²) in [5.74, 6) is 0.374. The molecule has 0 fully saturated rings. The van der Waals surface area contributed by atoms with Gasteiger partial charge in [0.15, 0.2) is 5.78 Å². The number of benzene rings is 2. The minimum Gasteiger partial charge on any atom is -0.342 e. The lowest BCUT2D eigenvalue weighted by Crippen LogP contribution is -2.43. The van der Waals surface area contributed by atoms with E-state index in [1.54, 1.807) is 0 Å². The minimum absolute atomic E-state index is 0.0637. The van der Waals surface area contributed by atoms with Gasteiger partial charge in [-0.05, 0) is 48.9 Å². The van der Waals surface area contributed by atoms with Crippen LogP contribution in [0.25, 0.3) is 0 Å². The summed E-state index contributed by atoms with van der Waals surface area (Å²) in [6.45, 7) is 0.709. The van der Waals surface area contributed by atoms with Gasteiger partial charge in [0.2, 0.25) is 0 Å². The fraction of sp³-hybridized carbons (Fsp3) is 0.321. The molecule has 2 aromatic carbocycles. The fourth-order valence-electron chi connectivity index (χ4n) is 4.34. The number of carbonyl (C=O) groups excluding carboxylic acids is 2. The van der Waals surface area contributed by atoms with Crippen molar-refractivity contribution < 1.29 is 9.59 Å². The summed E-state index contributed by atoms with van der Waals surface area (Å²) in [4.78, 5) is 30.5. The molecule has 1 N–H and O–H groups in total. The van der Waals surface area contributed by atoms with Crippen LogP contribution >= 0.6 is 11.6 Å². The van der Waals surface area contributed by atoms with Gasteiger partial charge in [0.05, 0.1) is 6.04 Å². The van der Waals surface area contributed by atoms with Crippen LogP contribution in [-0.2, 0) is 22.4 Å². The highest BCUT2D eigenvalue weighted by molar-refractivity contribution is 6.30. The van der Waals surface area contributed by atoms with Crippen LogP contribution in [0.5, 0.6) is 0 Å². The van der Waals surface area contributed by atoms with Crippen LogP contribution in [0.2, 0.25) is 5.02 Å². The van der Waals surface area contributed by atoms with Gasteiger partial charge in [0.1, 0.15) is 0 Å². The van der Waals surface area contributed by atoms with E-state index in [1.807, 2.05) is 66.9 Å². The Bertz CT molecular complexity index is 1060.